The van der Waals surface area contributed by atoms with Gasteiger partial charge in [-0.15, -0.1) is 0 Å². The highest BCUT2D eigenvalue weighted by Crippen LogP contribution is 2.18. The number of nitrogens with zero attached hydrogens (tertiary/aromatic N) is 2. The number of hydrogen-bond donors (Lipinski definition) is 1. The Balaban J connectivity index is 1.51. The van der Waals surface area contributed by atoms with Crippen LogP contribution in [0.5, 0.6) is 0 Å². The fourth-order valence-electron chi connectivity index (χ4n) is 3.40. The molecule has 2 aromatic carbocycles. The van der Waals surface area contributed by atoms with E-state index in [1.54, 1.807) is 0 Å². The van der Waals surface area contributed by atoms with Gasteiger partial charge in [-0.2, -0.15) is 0 Å². The molecule has 0 amide bonds. The van der Waals surface area contributed by atoms with Gasteiger partial charge in [0.05, 0.1) is 23.7 Å². The van der Waals surface area contributed by atoms with E-state index in [9.17, 15) is 4.39 Å². The largest absolute Gasteiger partial charge is 0.377 e. The number of benzene rings is 2. The lowest BCUT2D eigenvalue weighted by atomic mass is 10.2. The molecular formula is C20H22FN3O. The highest BCUT2D eigenvalue weighted by molar-refractivity contribution is 5.74. The van der Waals surface area contributed by atoms with Crippen LogP contribution in [-0.2, 0) is 17.8 Å². The monoisotopic (exact) mass is 339 g/mol. The van der Waals surface area contributed by atoms with Crippen molar-refractivity contribution in [1.29, 1.82) is 0 Å². The number of halogens is 1. The maximum atomic E-state index is 13.2. The molecular weight excluding hydrogens is 317 g/mol. The topological polar surface area (TPSA) is 41.2 Å². The second-order valence-corrected chi connectivity index (χ2v) is 6.63. The van der Waals surface area contributed by atoms with Crippen LogP contribution in [0, 0.1) is 5.82 Å². The number of nitrogens with one attached hydrogen (secondary N) is 1. The zero-order valence-electron chi connectivity index (χ0n) is 14.1. The molecule has 0 radical (unpaired) electrons. The van der Waals surface area contributed by atoms with E-state index in [0.717, 1.165) is 55.0 Å². The van der Waals surface area contributed by atoms with E-state index in [4.69, 9.17) is 4.74 Å². The van der Waals surface area contributed by atoms with E-state index in [2.05, 4.69) is 14.9 Å². The Labute approximate surface area is 146 Å². The Morgan fingerprint density at radius 1 is 1.12 bits per heavy atom. The lowest BCUT2D eigenvalue weighted by Gasteiger charge is -2.24. The molecule has 0 spiro atoms. The number of para-hydroxylation sites is 2. The van der Waals surface area contributed by atoms with Gasteiger partial charge in [0.15, 0.2) is 0 Å². The summed E-state index contributed by atoms with van der Waals surface area (Å²) in [6.45, 7) is 3.16. The molecule has 4 rings (SSSR count). The summed E-state index contributed by atoms with van der Waals surface area (Å²) >= 11 is 0. The van der Waals surface area contributed by atoms with Crippen molar-refractivity contribution in [2.45, 2.75) is 32.0 Å². The van der Waals surface area contributed by atoms with E-state index in [-0.39, 0.29) is 11.9 Å². The van der Waals surface area contributed by atoms with Gasteiger partial charge in [-0.05, 0) is 42.7 Å². The third-order valence-corrected chi connectivity index (χ3v) is 4.62. The third kappa shape index (κ3) is 4.06. The summed E-state index contributed by atoms with van der Waals surface area (Å²) in [4.78, 5) is 10.4. The maximum absolute atomic E-state index is 13.2. The molecule has 1 aromatic heterocycles. The van der Waals surface area contributed by atoms with E-state index in [1.807, 2.05) is 36.4 Å². The van der Waals surface area contributed by atoms with Crippen molar-refractivity contribution in [3.63, 3.8) is 0 Å². The number of imidazole rings is 1. The molecule has 3 aromatic rings. The molecule has 0 unspecified atom stereocenters. The van der Waals surface area contributed by atoms with E-state index >= 15 is 0 Å². The Hall–Kier alpha value is -2.24. The summed E-state index contributed by atoms with van der Waals surface area (Å²) in [6.07, 6.45) is 2.49. The number of rotatable bonds is 6. The molecule has 0 bridgehead atoms. The average molecular weight is 339 g/mol. The minimum absolute atomic E-state index is 0.202. The summed E-state index contributed by atoms with van der Waals surface area (Å²) in [7, 11) is 0. The van der Waals surface area contributed by atoms with Gasteiger partial charge in [0.25, 0.3) is 0 Å². The molecule has 0 saturated carbocycles. The van der Waals surface area contributed by atoms with Crippen LogP contribution in [0.25, 0.3) is 11.0 Å². The van der Waals surface area contributed by atoms with Crippen molar-refractivity contribution in [3.05, 3.63) is 65.7 Å². The molecule has 1 saturated heterocycles. The Morgan fingerprint density at radius 2 is 1.96 bits per heavy atom. The smallest absolute Gasteiger partial charge is 0.123 e. The van der Waals surface area contributed by atoms with Crippen molar-refractivity contribution in [2.75, 3.05) is 13.2 Å². The first kappa shape index (κ1) is 16.2. The summed E-state index contributed by atoms with van der Waals surface area (Å²) in [5.41, 5.74) is 3.13. The Bertz CT molecular complexity index is 791. The van der Waals surface area contributed by atoms with Crippen LogP contribution in [-0.4, -0.2) is 34.1 Å². The van der Waals surface area contributed by atoms with Gasteiger partial charge in [0.1, 0.15) is 11.6 Å². The van der Waals surface area contributed by atoms with Gasteiger partial charge in [-0.25, -0.2) is 9.37 Å². The summed E-state index contributed by atoms with van der Waals surface area (Å²) in [5.74, 6) is 0.744. The van der Waals surface area contributed by atoms with Gasteiger partial charge >= 0.3 is 0 Å². The molecule has 1 N–H and O–H groups in total. The molecule has 130 valence electrons. The second kappa shape index (κ2) is 7.33. The molecule has 0 aliphatic carbocycles. The first-order valence-corrected chi connectivity index (χ1v) is 8.78. The van der Waals surface area contributed by atoms with Crippen molar-refractivity contribution in [3.8, 4) is 0 Å². The van der Waals surface area contributed by atoms with Crippen LogP contribution >= 0.6 is 0 Å². The standard InChI is InChI=1S/C20H22FN3O/c21-16-9-7-15(8-10-16)12-24(13-17-4-3-11-25-17)14-20-22-18-5-1-2-6-19(18)23-20/h1-2,5-10,17H,3-4,11-14H2,(H,22,23)/t17-/m0/s1. The number of fused-ring (bicyclic) bond motifs is 1. The van der Waals surface area contributed by atoms with Crippen molar-refractivity contribution in [2.24, 2.45) is 0 Å². The van der Waals surface area contributed by atoms with Crippen LogP contribution in [0.15, 0.2) is 48.5 Å². The predicted octanol–water partition coefficient (Wildman–Crippen LogP) is 3.88. The van der Waals surface area contributed by atoms with E-state index in [1.165, 1.54) is 12.1 Å². The molecule has 1 aliphatic heterocycles. The fourth-order valence-corrected chi connectivity index (χ4v) is 3.40. The minimum atomic E-state index is -0.202. The average Bonchev–Trinajstić information content (AvgIpc) is 3.25. The van der Waals surface area contributed by atoms with Gasteiger partial charge in [-0.1, -0.05) is 24.3 Å². The van der Waals surface area contributed by atoms with Crippen LogP contribution in [0.4, 0.5) is 4.39 Å². The normalized spacial score (nSPS) is 17.6. The first-order chi connectivity index (χ1) is 12.3. The lowest BCUT2D eigenvalue weighted by Crippen LogP contribution is -2.31. The number of aromatic amines is 1. The molecule has 1 atom stereocenters. The van der Waals surface area contributed by atoms with Crippen LogP contribution in [0.3, 0.4) is 0 Å². The highest BCUT2D eigenvalue weighted by atomic mass is 19.1. The van der Waals surface area contributed by atoms with Crippen LogP contribution in [0.2, 0.25) is 0 Å². The number of aromatic nitrogens is 2. The summed E-state index contributed by atoms with van der Waals surface area (Å²) < 4.78 is 19.0. The van der Waals surface area contributed by atoms with Gasteiger partial charge in [-0.3, -0.25) is 4.90 Å². The molecule has 25 heavy (non-hydrogen) atoms. The zero-order valence-corrected chi connectivity index (χ0v) is 14.1. The summed E-state index contributed by atoms with van der Waals surface area (Å²) in [5, 5.41) is 0. The van der Waals surface area contributed by atoms with Crippen molar-refractivity contribution >= 4 is 11.0 Å². The number of ether oxygens (including phenoxy) is 1. The quantitative estimate of drug-likeness (QED) is 0.741. The zero-order chi connectivity index (χ0) is 17.1. The number of H-pyrrole nitrogens is 1. The van der Waals surface area contributed by atoms with Gasteiger partial charge in [0, 0.05) is 19.7 Å². The Kier molecular flexibility index (Phi) is 4.76. The SMILES string of the molecule is Fc1ccc(CN(Cc2nc3ccccc3[nH]2)C[C@@H]2CCCO2)cc1. The number of hydrogen-bond acceptors (Lipinski definition) is 3. The van der Waals surface area contributed by atoms with Gasteiger partial charge in [0.2, 0.25) is 0 Å². The van der Waals surface area contributed by atoms with Crippen molar-refractivity contribution in [1.82, 2.24) is 14.9 Å². The fraction of sp³-hybridized carbons (Fsp3) is 0.350. The highest BCUT2D eigenvalue weighted by Gasteiger charge is 2.20. The predicted molar refractivity (Wildman–Crippen MR) is 95.6 cm³/mol. The van der Waals surface area contributed by atoms with Crippen molar-refractivity contribution < 1.29 is 9.13 Å². The van der Waals surface area contributed by atoms with E-state index < -0.39 is 0 Å². The molecule has 4 nitrogen and oxygen atoms in total. The van der Waals surface area contributed by atoms with Crippen LogP contribution in [0.1, 0.15) is 24.2 Å². The Morgan fingerprint density at radius 3 is 2.72 bits per heavy atom. The maximum Gasteiger partial charge on any atom is 0.123 e. The molecule has 5 heteroatoms. The molecule has 2 heterocycles. The minimum Gasteiger partial charge on any atom is -0.377 e. The van der Waals surface area contributed by atoms with Gasteiger partial charge < -0.3 is 9.72 Å². The second-order valence-electron chi connectivity index (χ2n) is 6.63. The third-order valence-electron chi connectivity index (χ3n) is 4.62. The molecule has 1 fully saturated rings. The first-order valence-electron chi connectivity index (χ1n) is 8.78. The van der Waals surface area contributed by atoms with Crippen LogP contribution < -0.4 is 0 Å². The summed E-state index contributed by atoms with van der Waals surface area (Å²) in [6, 6.07) is 14.8. The lowest BCUT2D eigenvalue weighted by molar-refractivity contribution is 0.0671. The molecule has 1 aliphatic rings. The van der Waals surface area contributed by atoms with E-state index in [0.29, 0.717) is 6.54 Å².